The van der Waals surface area contributed by atoms with Crippen LogP contribution in [-0.2, 0) is 5.41 Å². The Kier molecular flexibility index (Phi) is 9.11. The van der Waals surface area contributed by atoms with Crippen LogP contribution < -0.4 is 0 Å². The molecule has 0 radical (unpaired) electrons. The van der Waals surface area contributed by atoms with Gasteiger partial charge in [-0.25, -0.2) is 9.97 Å². The maximum atomic E-state index is 5.33. The lowest BCUT2D eigenvalue weighted by atomic mass is 9.53. The van der Waals surface area contributed by atoms with Crippen molar-refractivity contribution in [3.63, 3.8) is 0 Å². The summed E-state index contributed by atoms with van der Waals surface area (Å²) in [6.45, 7) is 0. The van der Waals surface area contributed by atoms with Gasteiger partial charge in [0, 0.05) is 23.0 Å². The van der Waals surface area contributed by atoms with Gasteiger partial charge in [-0.1, -0.05) is 182 Å². The number of nitrogens with zero attached hydrogens (tertiary/aromatic N) is 2. The minimum Gasteiger partial charge on any atom is -0.232 e. The zero-order valence-electron chi connectivity index (χ0n) is 31.8. The van der Waals surface area contributed by atoms with Gasteiger partial charge >= 0.3 is 0 Å². The molecule has 272 valence electrons. The van der Waals surface area contributed by atoms with Gasteiger partial charge in [-0.15, -0.1) is 0 Å². The van der Waals surface area contributed by atoms with Crippen LogP contribution >= 0.6 is 0 Å². The molecule has 0 amide bonds. The third-order valence-corrected chi connectivity index (χ3v) is 12.6. The molecule has 0 saturated carbocycles. The van der Waals surface area contributed by atoms with E-state index in [1.807, 2.05) is 0 Å². The molecule has 4 aliphatic rings. The van der Waals surface area contributed by atoms with Crippen LogP contribution in [0.15, 0.2) is 194 Å². The topological polar surface area (TPSA) is 25.8 Å². The Hall–Kier alpha value is -6.12. The van der Waals surface area contributed by atoms with E-state index in [0.29, 0.717) is 11.8 Å². The van der Waals surface area contributed by atoms with E-state index in [1.165, 1.54) is 44.5 Å². The van der Waals surface area contributed by atoms with Gasteiger partial charge in [0.2, 0.25) is 0 Å². The summed E-state index contributed by atoms with van der Waals surface area (Å²) in [6, 6.07) is 50.7. The van der Waals surface area contributed by atoms with E-state index in [0.717, 1.165) is 66.9 Å². The van der Waals surface area contributed by atoms with Crippen molar-refractivity contribution in [2.24, 2.45) is 5.92 Å². The van der Waals surface area contributed by atoms with Crippen molar-refractivity contribution in [2.45, 2.75) is 55.8 Å². The first-order valence-corrected chi connectivity index (χ1v) is 20.5. The monoisotopic (exact) mass is 722 g/mol. The summed E-state index contributed by atoms with van der Waals surface area (Å²) in [6.07, 6.45) is 26.0. The zero-order valence-corrected chi connectivity index (χ0v) is 31.8. The fourth-order valence-corrected chi connectivity index (χ4v) is 10.0. The van der Waals surface area contributed by atoms with Gasteiger partial charge in [-0.05, 0) is 95.0 Å². The molecule has 6 aromatic rings. The van der Waals surface area contributed by atoms with Gasteiger partial charge in [-0.2, -0.15) is 0 Å². The van der Waals surface area contributed by atoms with Crippen molar-refractivity contribution in [1.29, 1.82) is 0 Å². The smallest absolute Gasteiger partial charge is 0.160 e. The second-order valence-corrected chi connectivity index (χ2v) is 15.8. The highest BCUT2D eigenvalue weighted by atomic mass is 14.9. The highest BCUT2D eigenvalue weighted by Crippen LogP contribution is 2.58. The van der Waals surface area contributed by atoms with Crippen LogP contribution in [0.5, 0.6) is 0 Å². The van der Waals surface area contributed by atoms with Gasteiger partial charge < -0.3 is 0 Å². The molecule has 56 heavy (non-hydrogen) atoms. The van der Waals surface area contributed by atoms with E-state index in [9.17, 15) is 0 Å². The van der Waals surface area contributed by atoms with Crippen LogP contribution in [0.4, 0.5) is 0 Å². The molecular formula is C54H46N2. The molecule has 0 saturated heterocycles. The van der Waals surface area contributed by atoms with Crippen LogP contribution in [0.2, 0.25) is 0 Å². The standard InChI is InChI=1S/C54H46N2/c1-5-17-38(18-6-1)39-31-33-40(34-32-39)50-37-51(56-53(55-50)41-19-7-2-8-20-41)43-23-15-22-42(35-43)48-29-16-30-49-52(48)44-21-13-14-28-47(36-44)54(49,45-24-9-3-10-25-45)46-26-11-4-12-27-46/h1-3,5-11,13-14,16-21,24-35,37,43-44,47H,4,12,15,22-23,36H2. The van der Waals surface area contributed by atoms with Gasteiger partial charge in [-0.3, -0.25) is 0 Å². The molecule has 4 atom stereocenters. The number of rotatable bonds is 7. The normalized spacial score (nSPS) is 22.5. The molecule has 0 spiro atoms. The Morgan fingerprint density at radius 3 is 2.09 bits per heavy atom. The quantitative estimate of drug-likeness (QED) is 0.164. The van der Waals surface area contributed by atoms with Crippen LogP contribution in [0, 0.1) is 5.92 Å². The molecule has 2 bridgehead atoms. The predicted molar refractivity (Wildman–Crippen MR) is 232 cm³/mol. The van der Waals surface area contributed by atoms with E-state index in [2.05, 4.69) is 188 Å². The molecule has 2 heteroatoms. The molecule has 2 nitrogen and oxygen atoms in total. The van der Waals surface area contributed by atoms with Crippen molar-refractivity contribution >= 4 is 5.57 Å². The minimum absolute atomic E-state index is 0.188. The van der Waals surface area contributed by atoms with Gasteiger partial charge in [0.05, 0.1) is 16.8 Å². The SMILES string of the molecule is C1=CC2CC(C=C1)C(C1=CCCC=C1)(c1ccccc1)c1cccc(C3=CC(c4cc(-c5ccc(-c6ccccc6)cc5)nc(-c5ccccc5)n4)CCC3)c12. The highest BCUT2D eigenvalue weighted by Gasteiger charge is 2.50. The average Bonchev–Trinajstić information content (AvgIpc) is 3.51. The lowest BCUT2D eigenvalue weighted by Crippen LogP contribution is -2.42. The third kappa shape index (κ3) is 6.14. The Morgan fingerprint density at radius 1 is 0.607 bits per heavy atom. The van der Waals surface area contributed by atoms with E-state index in [1.54, 1.807) is 0 Å². The van der Waals surface area contributed by atoms with E-state index >= 15 is 0 Å². The third-order valence-electron chi connectivity index (χ3n) is 12.6. The number of benzene rings is 5. The average molecular weight is 723 g/mol. The molecular weight excluding hydrogens is 677 g/mol. The fraction of sp³-hybridized carbons (Fsp3) is 0.185. The molecule has 0 N–H and O–H groups in total. The largest absolute Gasteiger partial charge is 0.232 e. The number of hydrogen-bond donors (Lipinski definition) is 0. The minimum atomic E-state index is -0.251. The lowest BCUT2D eigenvalue weighted by molar-refractivity contribution is 0.373. The Bertz CT molecular complexity index is 2520. The molecule has 4 unspecified atom stereocenters. The van der Waals surface area contributed by atoms with Crippen LogP contribution in [0.3, 0.4) is 0 Å². The maximum Gasteiger partial charge on any atom is 0.160 e. The second-order valence-electron chi connectivity index (χ2n) is 15.8. The number of aromatic nitrogens is 2. The Morgan fingerprint density at radius 2 is 1.32 bits per heavy atom. The molecule has 4 aliphatic carbocycles. The van der Waals surface area contributed by atoms with Crippen LogP contribution in [-0.4, -0.2) is 9.97 Å². The summed E-state index contributed by atoms with van der Waals surface area (Å²) >= 11 is 0. The van der Waals surface area contributed by atoms with Crippen LogP contribution in [0.25, 0.3) is 39.3 Å². The van der Waals surface area contributed by atoms with Crippen molar-refractivity contribution < 1.29 is 0 Å². The van der Waals surface area contributed by atoms with E-state index in [-0.39, 0.29) is 11.3 Å². The summed E-state index contributed by atoms with van der Waals surface area (Å²) in [5.41, 5.74) is 15.0. The Balaban J connectivity index is 1.10. The van der Waals surface area contributed by atoms with Gasteiger partial charge in [0.1, 0.15) is 0 Å². The van der Waals surface area contributed by atoms with E-state index < -0.39 is 0 Å². The first kappa shape index (κ1) is 34.4. The van der Waals surface area contributed by atoms with Crippen molar-refractivity contribution in [2.75, 3.05) is 0 Å². The van der Waals surface area contributed by atoms with E-state index in [4.69, 9.17) is 9.97 Å². The van der Waals surface area contributed by atoms with Gasteiger partial charge in [0.25, 0.3) is 0 Å². The summed E-state index contributed by atoms with van der Waals surface area (Å²) < 4.78 is 0. The first-order valence-electron chi connectivity index (χ1n) is 20.5. The Labute approximate surface area is 331 Å². The maximum absolute atomic E-state index is 5.33. The van der Waals surface area contributed by atoms with Crippen molar-refractivity contribution in [3.05, 3.63) is 222 Å². The summed E-state index contributed by atoms with van der Waals surface area (Å²) in [5.74, 6) is 1.67. The highest BCUT2D eigenvalue weighted by molar-refractivity contribution is 5.76. The molecule has 10 rings (SSSR count). The summed E-state index contributed by atoms with van der Waals surface area (Å²) in [7, 11) is 0. The molecule has 1 heterocycles. The zero-order chi connectivity index (χ0) is 37.3. The summed E-state index contributed by atoms with van der Waals surface area (Å²) in [5, 5.41) is 0. The first-order chi connectivity index (χ1) is 27.8. The van der Waals surface area contributed by atoms with Gasteiger partial charge in [0.15, 0.2) is 5.82 Å². The number of fused-ring (bicyclic) bond motifs is 4. The predicted octanol–water partition coefficient (Wildman–Crippen LogP) is 13.6. The fourth-order valence-electron chi connectivity index (χ4n) is 10.0. The molecule has 5 aromatic carbocycles. The van der Waals surface area contributed by atoms with Crippen LogP contribution in [0.1, 0.15) is 78.3 Å². The molecule has 0 aliphatic heterocycles. The number of hydrogen-bond acceptors (Lipinski definition) is 2. The second kappa shape index (κ2) is 14.8. The van der Waals surface area contributed by atoms with Crippen molar-refractivity contribution in [1.82, 2.24) is 9.97 Å². The molecule has 0 fully saturated rings. The van der Waals surface area contributed by atoms with Crippen molar-refractivity contribution in [3.8, 4) is 33.8 Å². The number of allylic oxidation sites excluding steroid dienone is 10. The summed E-state index contributed by atoms with van der Waals surface area (Å²) in [4.78, 5) is 10.5. The lowest BCUT2D eigenvalue weighted by Gasteiger charge is -2.49. The molecule has 1 aromatic heterocycles.